The largest absolute Gasteiger partial charge is 0.309 e. The van der Waals surface area contributed by atoms with E-state index < -0.39 is 0 Å². The number of para-hydroxylation sites is 5. The predicted molar refractivity (Wildman–Crippen MR) is 217 cm³/mol. The molecular weight excluding hydrogens is 635 g/mol. The van der Waals surface area contributed by atoms with E-state index in [0.717, 1.165) is 50.7 Å². The predicted octanol–water partition coefficient (Wildman–Crippen LogP) is 12.0. The Balaban J connectivity index is 1.37. The minimum atomic E-state index is -0.272. The summed E-state index contributed by atoms with van der Waals surface area (Å²) in [7, 11) is 0. The summed E-state index contributed by atoms with van der Waals surface area (Å²) in [6, 6.07) is 50.2. The summed E-state index contributed by atoms with van der Waals surface area (Å²) < 4.78 is 4.78. The second kappa shape index (κ2) is 11.7. The normalized spacial score (nSPS) is 12.4. The van der Waals surface area contributed by atoms with Crippen LogP contribution in [0.15, 0.2) is 140 Å². The van der Waals surface area contributed by atoms with Crippen molar-refractivity contribution < 1.29 is 0 Å². The third-order valence-electron chi connectivity index (χ3n) is 10.1. The molecule has 3 aromatic heterocycles. The number of hydrogen-bond donors (Lipinski definition) is 0. The van der Waals surface area contributed by atoms with Crippen molar-refractivity contribution in [3.63, 3.8) is 0 Å². The van der Waals surface area contributed by atoms with Crippen molar-refractivity contribution in [2.24, 2.45) is 0 Å². The van der Waals surface area contributed by atoms with Crippen molar-refractivity contribution in [1.82, 2.24) is 24.1 Å². The third kappa shape index (κ3) is 5.11. The van der Waals surface area contributed by atoms with Gasteiger partial charge < -0.3 is 9.13 Å². The van der Waals surface area contributed by atoms with E-state index in [1.807, 2.05) is 0 Å². The van der Waals surface area contributed by atoms with Crippen molar-refractivity contribution in [1.29, 1.82) is 0 Å². The summed E-state index contributed by atoms with van der Waals surface area (Å²) >= 11 is 0. The van der Waals surface area contributed by atoms with Crippen LogP contribution in [0.3, 0.4) is 0 Å². The average Bonchev–Trinajstić information content (AvgIpc) is 3.67. The highest BCUT2D eigenvalue weighted by atomic mass is 15.1. The maximum absolute atomic E-state index is 5.27. The molecule has 0 fully saturated rings. The van der Waals surface area contributed by atoms with Gasteiger partial charge in [-0.3, -0.25) is 0 Å². The molecule has 254 valence electrons. The van der Waals surface area contributed by atoms with Gasteiger partial charge >= 0.3 is 0 Å². The number of hydrogen-bond acceptors (Lipinski definition) is 3. The molecule has 9 rings (SSSR count). The van der Waals surface area contributed by atoms with Crippen LogP contribution in [0.2, 0.25) is 0 Å². The van der Waals surface area contributed by atoms with Crippen LogP contribution in [0.5, 0.6) is 0 Å². The fourth-order valence-corrected chi connectivity index (χ4v) is 7.52. The first-order chi connectivity index (χ1) is 25.1. The van der Waals surface area contributed by atoms with Crippen LogP contribution in [0.4, 0.5) is 0 Å². The van der Waals surface area contributed by atoms with Crippen molar-refractivity contribution in [2.75, 3.05) is 0 Å². The summed E-state index contributed by atoms with van der Waals surface area (Å²) in [6.45, 7) is 13.0. The molecule has 9 aromatic rings. The fourth-order valence-electron chi connectivity index (χ4n) is 7.52. The van der Waals surface area contributed by atoms with Crippen LogP contribution in [0.1, 0.15) is 53.2 Å². The lowest BCUT2D eigenvalue weighted by Gasteiger charge is -2.24. The van der Waals surface area contributed by atoms with Crippen molar-refractivity contribution in [3.05, 3.63) is 151 Å². The van der Waals surface area contributed by atoms with Gasteiger partial charge in [-0.1, -0.05) is 139 Å². The minimum absolute atomic E-state index is 0.272. The minimum Gasteiger partial charge on any atom is -0.309 e. The van der Waals surface area contributed by atoms with Crippen LogP contribution < -0.4 is 0 Å². The summed E-state index contributed by atoms with van der Waals surface area (Å²) in [5.41, 5.74) is 9.43. The van der Waals surface area contributed by atoms with E-state index in [-0.39, 0.29) is 10.8 Å². The molecule has 0 atom stereocenters. The Bertz CT molecular complexity index is 2680. The van der Waals surface area contributed by atoms with E-state index in [4.69, 9.17) is 15.0 Å². The Labute approximate surface area is 304 Å². The monoisotopic (exact) mass is 675 g/mol. The van der Waals surface area contributed by atoms with Crippen molar-refractivity contribution >= 4 is 43.6 Å². The van der Waals surface area contributed by atoms with Gasteiger partial charge in [0.2, 0.25) is 0 Å². The maximum atomic E-state index is 5.27. The van der Waals surface area contributed by atoms with Gasteiger partial charge in [0.15, 0.2) is 5.82 Å². The molecule has 6 aromatic carbocycles. The van der Waals surface area contributed by atoms with E-state index in [0.29, 0.717) is 5.82 Å². The van der Waals surface area contributed by atoms with E-state index in [9.17, 15) is 0 Å². The molecule has 0 unspecified atom stereocenters. The summed E-state index contributed by atoms with van der Waals surface area (Å²) in [6.07, 6.45) is 0. The van der Waals surface area contributed by atoms with Gasteiger partial charge in [0.25, 0.3) is 0 Å². The lowest BCUT2D eigenvalue weighted by Crippen LogP contribution is -2.24. The number of aromatic nitrogens is 5. The molecule has 0 spiro atoms. The zero-order valence-electron chi connectivity index (χ0n) is 30.5. The van der Waals surface area contributed by atoms with Crippen LogP contribution in [-0.4, -0.2) is 24.1 Å². The summed E-state index contributed by atoms with van der Waals surface area (Å²) in [5, 5.41) is 4.91. The lowest BCUT2D eigenvalue weighted by molar-refractivity contribution is 0.497. The number of benzene rings is 6. The zero-order valence-corrected chi connectivity index (χ0v) is 30.5. The summed E-state index contributed by atoms with van der Waals surface area (Å²) in [4.78, 5) is 15.6. The zero-order chi connectivity index (χ0) is 35.8. The van der Waals surface area contributed by atoms with Gasteiger partial charge in [-0.05, 0) is 48.0 Å². The Morgan fingerprint density at radius 3 is 1.21 bits per heavy atom. The lowest BCUT2D eigenvalue weighted by atomic mass is 9.92. The standard InChI is InChI=1S/C47H41N5/c1-46(2,3)44-48-43(49-45(50-44)47(4,5)6)36-29-30(27-28-42(36)52-40-25-15-10-20-34(40)35-21-11-16-26-41(35)52)31-17-7-12-22-37(31)51-38-23-13-8-18-32(38)33-19-9-14-24-39(33)51/h7-29H,1-6H3. The van der Waals surface area contributed by atoms with Crippen LogP contribution in [-0.2, 0) is 10.8 Å². The third-order valence-corrected chi connectivity index (χ3v) is 10.1. The van der Waals surface area contributed by atoms with Gasteiger partial charge in [-0.25, -0.2) is 15.0 Å². The Morgan fingerprint density at radius 1 is 0.385 bits per heavy atom. The molecule has 0 saturated heterocycles. The van der Waals surface area contributed by atoms with Crippen molar-refractivity contribution in [2.45, 2.75) is 52.4 Å². The smallest absolute Gasteiger partial charge is 0.165 e. The van der Waals surface area contributed by atoms with Gasteiger partial charge in [-0.15, -0.1) is 0 Å². The highest BCUT2D eigenvalue weighted by Crippen LogP contribution is 2.41. The van der Waals surface area contributed by atoms with Gasteiger partial charge in [0.05, 0.1) is 33.4 Å². The topological polar surface area (TPSA) is 48.5 Å². The number of nitrogens with zero attached hydrogens (tertiary/aromatic N) is 5. The number of fused-ring (bicyclic) bond motifs is 6. The Hall–Kier alpha value is -6.07. The molecule has 0 N–H and O–H groups in total. The van der Waals surface area contributed by atoms with E-state index in [2.05, 4.69) is 190 Å². The molecular formula is C47H41N5. The highest BCUT2D eigenvalue weighted by molar-refractivity contribution is 6.11. The first kappa shape index (κ1) is 31.9. The first-order valence-corrected chi connectivity index (χ1v) is 18.1. The van der Waals surface area contributed by atoms with Crippen LogP contribution in [0.25, 0.3) is 77.5 Å². The highest BCUT2D eigenvalue weighted by Gasteiger charge is 2.27. The molecule has 52 heavy (non-hydrogen) atoms. The van der Waals surface area contributed by atoms with Gasteiger partial charge in [0, 0.05) is 43.5 Å². The average molecular weight is 676 g/mol. The molecule has 5 heteroatoms. The molecule has 0 aliphatic rings. The Morgan fingerprint density at radius 2 is 0.769 bits per heavy atom. The molecule has 0 aliphatic carbocycles. The molecule has 0 radical (unpaired) electrons. The molecule has 0 saturated carbocycles. The first-order valence-electron chi connectivity index (χ1n) is 18.1. The van der Waals surface area contributed by atoms with E-state index in [1.165, 1.54) is 32.6 Å². The molecule has 0 amide bonds. The molecule has 0 aliphatic heterocycles. The van der Waals surface area contributed by atoms with Crippen LogP contribution >= 0.6 is 0 Å². The molecule has 5 nitrogen and oxygen atoms in total. The maximum Gasteiger partial charge on any atom is 0.165 e. The van der Waals surface area contributed by atoms with E-state index >= 15 is 0 Å². The fraction of sp³-hybridized carbons (Fsp3) is 0.170. The summed E-state index contributed by atoms with van der Waals surface area (Å²) in [5.74, 6) is 2.25. The number of rotatable bonds is 4. The molecule has 0 bridgehead atoms. The van der Waals surface area contributed by atoms with Gasteiger partial charge in [0.1, 0.15) is 11.6 Å². The SMILES string of the molecule is CC(C)(C)c1nc(-c2cc(-c3ccccc3-n3c4ccccc4c4ccccc43)ccc2-n2c3ccccc3c3ccccc32)nc(C(C)(C)C)n1. The Kier molecular flexibility index (Phi) is 7.20. The quantitative estimate of drug-likeness (QED) is 0.187. The molecule has 3 heterocycles. The van der Waals surface area contributed by atoms with Crippen LogP contribution in [0, 0.1) is 0 Å². The van der Waals surface area contributed by atoms with Gasteiger partial charge in [-0.2, -0.15) is 0 Å². The second-order valence-electron chi connectivity index (χ2n) is 15.8. The van der Waals surface area contributed by atoms with Crippen molar-refractivity contribution in [3.8, 4) is 33.9 Å². The second-order valence-corrected chi connectivity index (χ2v) is 15.8. The van der Waals surface area contributed by atoms with E-state index in [1.54, 1.807) is 0 Å².